The van der Waals surface area contributed by atoms with Gasteiger partial charge in [-0.05, 0) is 26.7 Å². The predicted molar refractivity (Wildman–Crippen MR) is 108 cm³/mol. The highest BCUT2D eigenvalue weighted by atomic mass is 32.2. The lowest BCUT2D eigenvalue weighted by Gasteiger charge is -2.40. The molecule has 0 saturated carbocycles. The molecule has 1 aromatic heterocycles. The SMILES string of the molecule is CC(C)(CNC(=O)CSc1nnc(NCC2CCCO2)s1)N1CCOCC1. The summed E-state index contributed by atoms with van der Waals surface area (Å²) in [7, 11) is 0. The summed E-state index contributed by atoms with van der Waals surface area (Å²) in [5, 5.41) is 15.4. The van der Waals surface area contributed by atoms with E-state index in [0.717, 1.165) is 61.8 Å². The zero-order chi connectivity index (χ0) is 19.1. The lowest BCUT2D eigenvalue weighted by molar-refractivity contribution is -0.119. The van der Waals surface area contributed by atoms with Crippen LogP contribution >= 0.6 is 23.1 Å². The number of carbonyl (C=O) groups excluding carboxylic acids is 1. The van der Waals surface area contributed by atoms with Crippen LogP contribution in [0.25, 0.3) is 0 Å². The molecule has 8 nitrogen and oxygen atoms in total. The van der Waals surface area contributed by atoms with Gasteiger partial charge in [-0.1, -0.05) is 23.1 Å². The number of amides is 1. The van der Waals surface area contributed by atoms with Crippen LogP contribution in [0.15, 0.2) is 4.34 Å². The zero-order valence-electron chi connectivity index (χ0n) is 16.0. The van der Waals surface area contributed by atoms with E-state index in [1.807, 2.05) is 0 Å². The molecule has 152 valence electrons. The molecule has 2 N–H and O–H groups in total. The Morgan fingerprint density at radius 1 is 1.33 bits per heavy atom. The normalized spacial score (nSPS) is 21.3. The van der Waals surface area contributed by atoms with E-state index in [-0.39, 0.29) is 17.6 Å². The Morgan fingerprint density at radius 2 is 2.15 bits per heavy atom. The fourth-order valence-corrected chi connectivity index (χ4v) is 4.71. The number of carbonyl (C=O) groups is 1. The molecule has 0 aliphatic carbocycles. The largest absolute Gasteiger partial charge is 0.379 e. The Morgan fingerprint density at radius 3 is 2.89 bits per heavy atom. The van der Waals surface area contributed by atoms with E-state index in [9.17, 15) is 4.79 Å². The molecule has 1 atom stereocenters. The highest BCUT2D eigenvalue weighted by molar-refractivity contribution is 8.01. The second-order valence-corrected chi connectivity index (χ2v) is 9.57. The van der Waals surface area contributed by atoms with Crippen molar-refractivity contribution in [2.24, 2.45) is 0 Å². The van der Waals surface area contributed by atoms with E-state index < -0.39 is 0 Å². The van der Waals surface area contributed by atoms with Crippen molar-refractivity contribution in [3.05, 3.63) is 0 Å². The molecule has 3 rings (SSSR count). The van der Waals surface area contributed by atoms with E-state index in [1.54, 1.807) is 0 Å². The van der Waals surface area contributed by atoms with Crippen molar-refractivity contribution in [1.82, 2.24) is 20.4 Å². The third kappa shape index (κ3) is 6.56. The second kappa shape index (κ2) is 10.0. The highest BCUT2D eigenvalue weighted by Gasteiger charge is 2.28. The Balaban J connectivity index is 1.35. The maximum atomic E-state index is 12.2. The Kier molecular flexibility index (Phi) is 7.71. The summed E-state index contributed by atoms with van der Waals surface area (Å²) in [4.78, 5) is 14.6. The number of nitrogens with one attached hydrogen (secondary N) is 2. The molecular formula is C17H29N5O3S2. The van der Waals surface area contributed by atoms with E-state index >= 15 is 0 Å². The minimum atomic E-state index is -0.0771. The third-order valence-corrected chi connectivity index (χ3v) is 6.84. The van der Waals surface area contributed by atoms with E-state index in [4.69, 9.17) is 9.47 Å². The van der Waals surface area contributed by atoms with Gasteiger partial charge in [-0.3, -0.25) is 9.69 Å². The minimum Gasteiger partial charge on any atom is -0.379 e. The summed E-state index contributed by atoms with van der Waals surface area (Å²) in [6.07, 6.45) is 2.49. The zero-order valence-corrected chi connectivity index (χ0v) is 17.7. The number of hydrogen-bond donors (Lipinski definition) is 2. The van der Waals surface area contributed by atoms with Gasteiger partial charge in [-0.25, -0.2) is 0 Å². The monoisotopic (exact) mass is 415 g/mol. The van der Waals surface area contributed by atoms with Gasteiger partial charge in [0.25, 0.3) is 0 Å². The van der Waals surface area contributed by atoms with E-state index in [2.05, 4.69) is 39.6 Å². The first-order valence-corrected chi connectivity index (χ1v) is 11.2. The summed E-state index contributed by atoms with van der Waals surface area (Å²) in [6.45, 7) is 9.87. The molecule has 0 spiro atoms. The molecular weight excluding hydrogens is 386 g/mol. The van der Waals surface area contributed by atoms with Gasteiger partial charge in [0, 0.05) is 38.3 Å². The molecule has 0 aromatic carbocycles. The number of aromatic nitrogens is 2. The number of thioether (sulfide) groups is 1. The van der Waals surface area contributed by atoms with E-state index in [1.165, 1.54) is 23.1 Å². The standard InChI is InChI=1S/C17H29N5O3S2/c1-17(2,22-5-8-24-9-6-22)12-19-14(23)11-26-16-21-20-15(27-16)18-10-13-4-3-7-25-13/h13H,3-12H2,1-2H3,(H,18,20)(H,19,23). The number of ether oxygens (including phenoxy) is 2. The highest BCUT2D eigenvalue weighted by Crippen LogP contribution is 2.26. The first-order chi connectivity index (χ1) is 13.0. The van der Waals surface area contributed by atoms with Crippen LogP contribution in [0.2, 0.25) is 0 Å². The number of morpholine rings is 1. The Hall–Kier alpha value is -0.940. The van der Waals surface area contributed by atoms with Gasteiger partial charge in [0.05, 0.1) is 25.1 Å². The molecule has 0 bridgehead atoms. The van der Waals surface area contributed by atoms with Crippen LogP contribution in [0.5, 0.6) is 0 Å². The Labute approximate surface area is 168 Å². The fourth-order valence-electron chi connectivity index (χ4n) is 3.12. The first-order valence-electron chi connectivity index (χ1n) is 9.44. The molecule has 10 heteroatoms. The van der Waals surface area contributed by atoms with Crippen molar-refractivity contribution in [3.8, 4) is 0 Å². The molecule has 3 heterocycles. The van der Waals surface area contributed by atoms with Crippen molar-refractivity contribution in [2.45, 2.75) is 42.7 Å². The van der Waals surface area contributed by atoms with Crippen molar-refractivity contribution in [3.63, 3.8) is 0 Å². The van der Waals surface area contributed by atoms with Crippen molar-refractivity contribution >= 4 is 34.1 Å². The van der Waals surface area contributed by atoms with Crippen LogP contribution in [-0.2, 0) is 14.3 Å². The average Bonchev–Trinajstić information content (AvgIpc) is 3.35. The summed E-state index contributed by atoms with van der Waals surface area (Å²) in [6, 6.07) is 0. The maximum absolute atomic E-state index is 12.2. The minimum absolute atomic E-state index is 0.0189. The van der Waals surface area contributed by atoms with Crippen LogP contribution < -0.4 is 10.6 Å². The van der Waals surface area contributed by atoms with Gasteiger partial charge in [-0.15, -0.1) is 10.2 Å². The van der Waals surface area contributed by atoms with Crippen LogP contribution in [0, 0.1) is 0 Å². The molecule has 2 aliphatic rings. The molecule has 0 radical (unpaired) electrons. The lowest BCUT2D eigenvalue weighted by atomic mass is 10.0. The smallest absolute Gasteiger partial charge is 0.230 e. The van der Waals surface area contributed by atoms with Gasteiger partial charge in [0.1, 0.15) is 0 Å². The van der Waals surface area contributed by atoms with Gasteiger partial charge in [-0.2, -0.15) is 0 Å². The molecule has 1 amide bonds. The van der Waals surface area contributed by atoms with Gasteiger partial charge >= 0.3 is 0 Å². The van der Waals surface area contributed by atoms with Crippen LogP contribution in [0.3, 0.4) is 0 Å². The van der Waals surface area contributed by atoms with Crippen molar-refractivity contribution in [1.29, 1.82) is 0 Å². The summed E-state index contributed by atoms with van der Waals surface area (Å²) >= 11 is 2.90. The molecule has 2 fully saturated rings. The topological polar surface area (TPSA) is 88.6 Å². The molecule has 1 aromatic rings. The molecule has 27 heavy (non-hydrogen) atoms. The quantitative estimate of drug-likeness (QED) is 0.586. The van der Waals surface area contributed by atoms with Gasteiger partial charge in [0.15, 0.2) is 4.34 Å². The summed E-state index contributed by atoms with van der Waals surface area (Å²) in [5.41, 5.74) is -0.0771. The Bertz CT molecular complexity index is 601. The van der Waals surface area contributed by atoms with Gasteiger partial charge in [0.2, 0.25) is 11.0 Å². The van der Waals surface area contributed by atoms with Crippen molar-refractivity contribution < 1.29 is 14.3 Å². The molecule has 2 saturated heterocycles. The molecule has 1 unspecified atom stereocenters. The lowest BCUT2D eigenvalue weighted by Crippen LogP contribution is -2.55. The predicted octanol–water partition coefficient (Wildman–Crippen LogP) is 1.45. The van der Waals surface area contributed by atoms with E-state index in [0.29, 0.717) is 12.3 Å². The number of anilines is 1. The van der Waals surface area contributed by atoms with Crippen LogP contribution in [-0.4, -0.2) is 84.4 Å². The third-order valence-electron chi connectivity index (χ3n) is 4.82. The van der Waals surface area contributed by atoms with Crippen LogP contribution in [0.1, 0.15) is 26.7 Å². The fraction of sp³-hybridized carbons (Fsp3) is 0.824. The number of rotatable bonds is 9. The summed E-state index contributed by atoms with van der Waals surface area (Å²) in [5.74, 6) is 0.366. The van der Waals surface area contributed by atoms with Crippen molar-refractivity contribution in [2.75, 3.05) is 57.1 Å². The second-order valence-electron chi connectivity index (χ2n) is 7.37. The number of nitrogens with zero attached hydrogens (tertiary/aromatic N) is 3. The number of hydrogen-bond acceptors (Lipinski definition) is 9. The maximum Gasteiger partial charge on any atom is 0.230 e. The first kappa shape index (κ1) is 20.8. The molecule has 2 aliphatic heterocycles. The average molecular weight is 416 g/mol. The summed E-state index contributed by atoms with van der Waals surface area (Å²) < 4.78 is 11.8. The van der Waals surface area contributed by atoms with Gasteiger partial charge < -0.3 is 20.1 Å². The van der Waals surface area contributed by atoms with Crippen LogP contribution in [0.4, 0.5) is 5.13 Å².